The van der Waals surface area contributed by atoms with Crippen molar-refractivity contribution in [2.45, 2.75) is 0 Å². The van der Waals surface area contributed by atoms with E-state index in [-0.39, 0.29) is 37.9 Å². The predicted molar refractivity (Wildman–Crippen MR) is 113 cm³/mol. The Bertz CT molecular complexity index is 1210. The van der Waals surface area contributed by atoms with Gasteiger partial charge in [0.15, 0.2) is 11.5 Å². The lowest BCUT2D eigenvalue weighted by Gasteiger charge is -2.10. The second kappa shape index (κ2) is 7.70. The quantitative estimate of drug-likeness (QED) is 0.547. The lowest BCUT2D eigenvalue weighted by Crippen LogP contribution is -2.21. The maximum Gasteiger partial charge on any atom is 0.270 e. The summed E-state index contributed by atoms with van der Waals surface area (Å²) < 4.78 is 18.8. The summed E-state index contributed by atoms with van der Waals surface area (Å²) in [6, 6.07) is 12.7. The van der Waals surface area contributed by atoms with Crippen molar-refractivity contribution in [1.82, 2.24) is 25.1 Å². The molecule has 9 heteroatoms. The van der Waals surface area contributed by atoms with Gasteiger partial charge in [0, 0.05) is 33.6 Å². The molecule has 154 valence electrons. The molecule has 0 unspecified atom stereocenters. The fourth-order valence-electron chi connectivity index (χ4n) is 2.76. The number of hydrogen-bond donors (Lipinski definition) is 1. The number of nitrogens with two attached hydrogens (primary N) is 1. The number of halogens is 1. The van der Waals surface area contributed by atoms with Gasteiger partial charge in [-0.15, -0.1) is 10.2 Å². The molecule has 0 radical (unpaired) electrons. The summed E-state index contributed by atoms with van der Waals surface area (Å²) in [5.41, 5.74) is 8.61. The zero-order valence-electron chi connectivity index (χ0n) is 16.2. The third kappa shape index (κ3) is 3.72. The van der Waals surface area contributed by atoms with Crippen molar-refractivity contribution in [2.24, 2.45) is 0 Å². The van der Waals surface area contributed by atoms with Crippen LogP contribution in [0.1, 0.15) is 13.2 Å². The molecule has 2 heterocycles. The van der Waals surface area contributed by atoms with Crippen LogP contribution in [0.2, 0.25) is 0 Å². The van der Waals surface area contributed by atoms with Gasteiger partial charge in [0.05, 0.1) is 11.9 Å². The number of anilines is 1. The first-order chi connectivity index (χ1) is 14.4. The smallest absolute Gasteiger partial charge is 0.270 e. The third-order valence-corrected chi connectivity index (χ3v) is 4.35. The summed E-state index contributed by atoms with van der Waals surface area (Å²) in [7, 11) is 3.39. The molecular formula is C21H21FN6O2. The van der Waals surface area contributed by atoms with Crippen LogP contribution >= 0.6 is 0 Å². The Morgan fingerprint density at radius 3 is 2.30 bits per heavy atom. The number of amides is 1. The van der Waals surface area contributed by atoms with Crippen LogP contribution in [0.3, 0.4) is 0 Å². The van der Waals surface area contributed by atoms with Crippen molar-refractivity contribution in [1.29, 1.82) is 0 Å². The molecule has 4 aromatic rings. The molecule has 0 saturated heterocycles. The van der Waals surface area contributed by atoms with Crippen LogP contribution < -0.4 is 5.73 Å². The normalized spacial score (nSPS) is 10.8. The van der Waals surface area contributed by atoms with E-state index in [9.17, 15) is 9.18 Å². The Labute approximate surface area is 174 Å². The highest BCUT2D eigenvalue weighted by atomic mass is 19.1. The molecule has 1 amide bonds. The Morgan fingerprint density at radius 2 is 1.63 bits per heavy atom. The minimum Gasteiger partial charge on any atom is -0.414 e. The Kier molecular flexibility index (Phi) is 4.93. The summed E-state index contributed by atoms with van der Waals surface area (Å²) in [6.45, 7) is 0. The molecule has 0 aliphatic rings. The number of nitrogen functional groups attached to an aromatic ring is 1. The number of nitrogens with zero attached hydrogens (tertiary/aromatic N) is 5. The highest BCUT2D eigenvalue weighted by molar-refractivity contribution is 5.94. The number of carbonyl (C=O) groups excluding carboxylic acids is 1. The van der Waals surface area contributed by atoms with Crippen LogP contribution in [0.4, 0.5) is 10.2 Å². The number of aromatic nitrogens is 4. The van der Waals surface area contributed by atoms with E-state index < -0.39 is 0 Å². The van der Waals surface area contributed by atoms with Crippen LogP contribution in [-0.2, 0) is 0 Å². The lowest BCUT2D eigenvalue weighted by molar-refractivity contribution is 0.0827. The summed E-state index contributed by atoms with van der Waals surface area (Å²) in [5, 5.41) is 7.97. The van der Waals surface area contributed by atoms with Gasteiger partial charge in [-0.1, -0.05) is 12.1 Å². The second-order valence-electron chi connectivity index (χ2n) is 6.69. The lowest BCUT2D eigenvalue weighted by atomic mass is 10.1. The predicted octanol–water partition coefficient (Wildman–Crippen LogP) is 3.78. The molecule has 2 aromatic heterocycles. The molecule has 0 atom stereocenters. The number of benzene rings is 2. The summed E-state index contributed by atoms with van der Waals surface area (Å²) in [6.07, 6.45) is 1.53. The molecule has 0 saturated carbocycles. The van der Waals surface area contributed by atoms with Crippen molar-refractivity contribution in [3.05, 3.63) is 66.1 Å². The molecule has 0 aliphatic heterocycles. The van der Waals surface area contributed by atoms with Crippen molar-refractivity contribution in [2.75, 3.05) is 19.8 Å². The van der Waals surface area contributed by atoms with E-state index in [0.717, 1.165) is 5.56 Å². The minimum atomic E-state index is -0.361. The number of hydrogen-bond acceptors (Lipinski definition) is 7. The fourth-order valence-corrected chi connectivity index (χ4v) is 2.76. The van der Waals surface area contributed by atoms with Gasteiger partial charge in [-0.2, -0.15) is 0 Å². The minimum absolute atomic E-state index is 0. The first-order valence-electron chi connectivity index (χ1n) is 8.97. The van der Waals surface area contributed by atoms with Gasteiger partial charge in [0.2, 0.25) is 5.89 Å². The zero-order chi connectivity index (χ0) is 21.3. The fraction of sp³-hybridized carbons (Fsp3) is 0.0952. The van der Waals surface area contributed by atoms with Crippen molar-refractivity contribution < 1.29 is 16.5 Å². The van der Waals surface area contributed by atoms with E-state index >= 15 is 0 Å². The average Bonchev–Trinajstić information content (AvgIpc) is 3.24. The standard InChI is InChI=1S/C21H17FN6O2.2H2/c1-28(2)21(29)14-5-3-12(4-6-14)16-11-24-18(23)17(25-16)20-27-26-19(30-20)13-7-9-15(22)10-8-13;;/h3-11H,1-2H3,(H2,23,24);2*1H. The van der Waals surface area contributed by atoms with Crippen LogP contribution in [-0.4, -0.2) is 45.1 Å². The average molecular weight is 408 g/mol. The van der Waals surface area contributed by atoms with E-state index in [0.29, 0.717) is 16.8 Å². The summed E-state index contributed by atoms with van der Waals surface area (Å²) >= 11 is 0. The molecule has 0 spiro atoms. The number of carbonyl (C=O) groups is 1. The summed E-state index contributed by atoms with van der Waals surface area (Å²) in [5.74, 6) is -0.0133. The van der Waals surface area contributed by atoms with Gasteiger partial charge >= 0.3 is 0 Å². The molecule has 0 bridgehead atoms. The molecular weight excluding hydrogens is 387 g/mol. The topological polar surface area (TPSA) is 111 Å². The zero-order valence-corrected chi connectivity index (χ0v) is 16.2. The van der Waals surface area contributed by atoms with Gasteiger partial charge in [-0.25, -0.2) is 14.4 Å². The Morgan fingerprint density at radius 1 is 1.00 bits per heavy atom. The van der Waals surface area contributed by atoms with E-state index in [1.807, 2.05) is 0 Å². The Hall–Kier alpha value is -4.14. The number of rotatable bonds is 4. The SMILES string of the molecule is CN(C)C(=O)c1ccc(-c2cnc(N)c(-c3nnc(-c4ccc(F)cc4)o3)n2)cc1.[HH].[HH]. The van der Waals surface area contributed by atoms with Crippen molar-refractivity contribution in [3.8, 4) is 34.3 Å². The first-order valence-corrected chi connectivity index (χ1v) is 8.97. The van der Waals surface area contributed by atoms with Crippen LogP contribution in [0.25, 0.3) is 34.3 Å². The third-order valence-electron chi connectivity index (χ3n) is 4.35. The second-order valence-corrected chi connectivity index (χ2v) is 6.69. The van der Waals surface area contributed by atoms with E-state index in [1.165, 1.54) is 35.4 Å². The van der Waals surface area contributed by atoms with Gasteiger partial charge in [0.1, 0.15) is 5.82 Å². The van der Waals surface area contributed by atoms with E-state index in [1.54, 1.807) is 38.4 Å². The van der Waals surface area contributed by atoms with Gasteiger partial charge < -0.3 is 15.1 Å². The van der Waals surface area contributed by atoms with Gasteiger partial charge in [0.25, 0.3) is 11.8 Å². The van der Waals surface area contributed by atoms with Crippen molar-refractivity contribution >= 4 is 11.7 Å². The van der Waals surface area contributed by atoms with Crippen LogP contribution in [0.15, 0.2) is 59.1 Å². The highest BCUT2D eigenvalue weighted by Crippen LogP contribution is 2.28. The van der Waals surface area contributed by atoms with Gasteiger partial charge in [-0.3, -0.25) is 4.79 Å². The van der Waals surface area contributed by atoms with E-state index in [4.69, 9.17) is 10.2 Å². The molecule has 8 nitrogen and oxygen atoms in total. The van der Waals surface area contributed by atoms with Crippen LogP contribution in [0, 0.1) is 5.82 Å². The molecule has 2 N–H and O–H groups in total. The van der Waals surface area contributed by atoms with E-state index in [2.05, 4.69) is 20.2 Å². The molecule has 2 aromatic carbocycles. The molecule has 0 fully saturated rings. The maximum atomic E-state index is 13.1. The monoisotopic (exact) mass is 408 g/mol. The highest BCUT2D eigenvalue weighted by Gasteiger charge is 2.17. The van der Waals surface area contributed by atoms with Crippen LogP contribution in [0.5, 0.6) is 0 Å². The molecule has 30 heavy (non-hydrogen) atoms. The van der Waals surface area contributed by atoms with Crippen molar-refractivity contribution in [3.63, 3.8) is 0 Å². The molecule has 0 aliphatic carbocycles. The molecule has 4 rings (SSSR count). The largest absolute Gasteiger partial charge is 0.414 e. The summed E-state index contributed by atoms with van der Waals surface area (Å²) in [4.78, 5) is 22.2. The first kappa shape index (κ1) is 19.2. The maximum absolute atomic E-state index is 13.1. The Balaban J connectivity index is 0.00000181. The van der Waals surface area contributed by atoms with Gasteiger partial charge in [-0.05, 0) is 36.4 Å².